The Bertz CT molecular complexity index is 312. The highest BCUT2D eigenvalue weighted by atomic mass is 79.9. The molecule has 0 bridgehead atoms. The summed E-state index contributed by atoms with van der Waals surface area (Å²) >= 11 is 3.19. The van der Waals surface area contributed by atoms with Crippen molar-refractivity contribution in [3.05, 3.63) is 33.5 Å². The van der Waals surface area contributed by atoms with Gasteiger partial charge in [-0.1, -0.05) is 19.1 Å². The normalized spacial score (nSPS) is 13.0. The third-order valence-electron chi connectivity index (χ3n) is 2.11. The number of aliphatic hydroxyl groups excluding tert-OH is 1. The lowest BCUT2D eigenvalue weighted by Crippen LogP contribution is -2.01. The third-order valence-corrected chi connectivity index (χ3v) is 2.92. The summed E-state index contributed by atoms with van der Waals surface area (Å²) in [6, 6.07) is 3.56. The summed E-state index contributed by atoms with van der Waals surface area (Å²) in [5.74, 6) is -0.276. The van der Waals surface area contributed by atoms with E-state index in [4.69, 9.17) is 5.11 Å². The van der Waals surface area contributed by atoms with Crippen molar-refractivity contribution in [3.8, 4) is 0 Å². The second kappa shape index (κ2) is 4.20. The zero-order chi connectivity index (χ0) is 10.0. The van der Waals surface area contributed by atoms with E-state index < -0.39 is 0 Å². The zero-order valence-corrected chi connectivity index (χ0v) is 9.23. The van der Waals surface area contributed by atoms with Gasteiger partial charge in [-0.2, -0.15) is 0 Å². The summed E-state index contributed by atoms with van der Waals surface area (Å²) in [4.78, 5) is 0. The van der Waals surface area contributed by atoms with Crippen LogP contribution in [0, 0.1) is 12.7 Å². The van der Waals surface area contributed by atoms with E-state index in [2.05, 4.69) is 15.9 Å². The molecule has 1 nitrogen and oxygen atoms in total. The molecule has 1 rings (SSSR count). The average molecular weight is 247 g/mol. The number of aryl methyl sites for hydroxylation is 1. The maximum atomic E-state index is 13.4. The Kier molecular flexibility index (Phi) is 3.45. The quantitative estimate of drug-likeness (QED) is 0.851. The number of halogens is 2. The molecule has 0 aliphatic heterocycles. The highest BCUT2D eigenvalue weighted by Crippen LogP contribution is 2.28. The van der Waals surface area contributed by atoms with Gasteiger partial charge in [0.25, 0.3) is 0 Å². The molecule has 1 atom stereocenters. The maximum Gasteiger partial charge on any atom is 0.140 e. The minimum absolute atomic E-state index is 0.0289. The Morgan fingerprint density at radius 1 is 1.54 bits per heavy atom. The predicted molar refractivity (Wildman–Crippen MR) is 54.3 cm³/mol. The standard InChI is InChI=1S/C10H12BrFO/c1-6-3-4-8(7(2)5-13)9(11)10(6)12/h3-4,7,13H,5H2,1-2H3. The minimum Gasteiger partial charge on any atom is -0.396 e. The SMILES string of the molecule is Cc1ccc(C(C)CO)c(Br)c1F. The first-order valence-electron chi connectivity index (χ1n) is 4.13. The topological polar surface area (TPSA) is 20.2 Å². The molecule has 0 heterocycles. The van der Waals surface area contributed by atoms with Gasteiger partial charge in [-0.15, -0.1) is 0 Å². The molecule has 0 spiro atoms. The smallest absolute Gasteiger partial charge is 0.140 e. The molecule has 0 radical (unpaired) electrons. The highest BCUT2D eigenvalue weighted by molar-refractivity contribution is 9.10. The molecular formula is C10H12BrFO. The second-order valence-corrected chi connectivity index (χ2v) is 3.98. The Labute approximate surface area is 85.7 Å². The lowest BCUT2D eigenvalue weighted by molar-refractivity contribution is 0.272. The number of hydrogen-bond acceptors (Lipinski definition) is 1. The van der Waals surface area contributed by atoms with Crippen LogP contribution in [0.25, 0.3) is 0 Å². The molecule has 0 aliphatic rings. The Morgan fingerprint density at radius 3 is 2.69 bits per heavy atom. The molecule has 1 aromatic carbocycles. The molecule has 3 heteroatoms. The molecule has 0 aliphatic carbocycles. The fourth-order valence-corrected chi connectivity index (χ4v) is 1.98. The van der Waals surface area contributed by atoms with E-state index in [1.54, 1.807) is 13.0 Å². The summed E-state index contributed by atoms with van der Waals surface area (Å²) in [5.41, 5.74) is 1.42. The van der Waals surface area contributed by atoms with Gasteiger partial charge < -0.3 is 5.11 Å². The van der Waals surface area contributed by atoms with Crippen LogP contribution in [0.2, 0.25) is 0 Å². The van der Waals surface area contributed by atoms with Gasteiger partial charge in [0.15, 0.2) is 0 Å². The van der Waals surface area contributed by atoms with Crippen LogP contribution in [0.4, 0.5) is 4.39 Å². The zero-order valence-electron chi connectivity index (χ0n) is 7.64. The Hall–Kier alpha value is -0.410. The predicted octanol–water partition coefficient (Wildman–Crippen LogP) is 2.99. The molecule has 0 aromatic heterocycles. The van der Waals surface area contributed by atoms with Crippen LogP contribution >= 0.6 is 15.9 Å². The number of benzene rings is 1. The minimum atomic E-state index is -0.238. The van der Waals surface area contributed by atoms with E-state index in [-0.39, 0.29) is 18.3 Å². The van der Waals surface area contributed by atoms with Crippen molar-refractivity contribution in [2.75, 3.05) is 6.61 Å². The second-order valence-electron chi connectivity index (χ2n) is 3.18. The van der Waals surface area contributed by atoms with Gasteiger partial charge in [-0.3, -0.25) is 0 Å². The van der Waals surface area contributed by atoms with Crippen molar-refractivity contribution in [3.63, 3.8) is 0 Å². The van der Waals surface area contributed by atoms with Crippen molar-refractivity contribution in [2.24, 2.45) is 0 Å². The first kappa shape index (κ1) is 10.7. The number of aliphatic hydroxyl groups is 1. The maximum absolute atomic E-state index is 13.4. The van der Waals surface area contributed by atoms with Crippen LogP contribution in [-0.4, -0.2) is 11.7 Å². The summed E-state index contributed by atoms with van der Waals surface area (Å²) in [6.45, 7) is 3.60. The van der Waals surface area contributed by atoms with E-state index in [1.165, 1.54) is 0 Å². The first-order valence-corrected chi connectivity index (χ1v) is 4.92. The molecule has 0 saturated heterocycles. The third kappa shape index (κ3) is 2.09. The molecule has 1 N–H and O–H groups in total. The van der Waals surface area contributed by atoms with E-state index in [9.17, 15) is 4.39 Å². The van der Waals surface area contributed by atoms with Crippen LogP contribution in [0.1, 0.15) is 24.0 Å². The van der Waals surface area contributed by atoms with Gasteiger partial charge in [-0.25, -0.2) is 4.39 Å². The van der Waals surface area contributed by atoms with Crippen LogP contribution in [-0.2, 0) is 0 Å². The molecular weight excluding hydrogens is 235 g/mol. The van der Waals surface area contributed by atoms with Crippen LogP contribution in [0.15, 0.2) is 16.6 Å². The lowest BCUT2D eigenvalue weighted by Gasteiger charge is -2.12. The van der Waals surface area contributed by atoms with Gasteiger partial charge in [0.05, 0.1) is 4.47 Å². The van der Waals surface area contributed by atoms with E-state index in [1.807, 2.05) is 13.0 Å². The Balaban J connectivity index is 3.18. The van der Waals surface area contributed by atoms with E-state index in [0.717, 1.165) is 5.56 Å². The highest BCUT2D eigenvalue weighted by Gasteiger charge is 2.12. The summed E-state index contributed by atoms with van der Waals surface area (Å²) < 4.78 is 13.8. The number of rotatable bonds is 2. The van der Waals surface area contributed by atoms with Crippen molar-refractivity contribution < 1.29 is 9.50 Å². The summed E-state index contributed by atoms with van der Waals surface area (Å²) in [7, 11) is 0. The molecule has 0 fully saturated rings. The fraction of sp³-hybridized carbons (Fsp3) is 0.400. The fourth-order valence-electron chi connectivity index (χ4n) is 1.14. The van der Waals surface area contributed by atoms with Gasteiger partial charge in [0, 0.05) is 12.5 Å². The van der Waals surface area contributed by atoms with Gasteiger partial charge in [0.1, 0.15) is 5.82 Å². The van der Waals surface area contributed by atoms with Gasteiger partial charge in [-0.05, 0) is 34.0 Å². The molecule has 0 saturated carbocycles. The summed E-state index contributed by atoms with van der Waals surface area (Å²) in [5, 5.41) is 8.93. The largest absolute Gasteiger partial charge is 0.396 e. The van der Waals surface area contributed by atoms with E-state index in [0.29, 0.717) is 10.0 Å². The molecule has 0 amide bonds. The molecule has 1 aromatic rings. The van der Waals surface area contributed by atoms with Crippen molar-refractivity contribution in [2.45, 2.75) is 19.8 Å². The lowest BCUT2D eigenvalue weighted by atomic mass is 10.0. The average Bonchev–Trinajstić information content (AvgIpc) is 2.13. The molecule has 13 heavy (non-hydrogen) atoms. The van der Waals surface area contributed by atoms with Crippen LogP contribution in [0.5, 0.6) is 0 Å². The summed E-state index contributed by atoms with van der Waals surface area (Å²) in [6.07, 6.45) is 0. The van der Waals surface area contributed by atoms with E-state index >= 15 is 0 Å². The van der Waals surface area contributed by atoms with Gasteiger partial charge >= 0.3 is 0 Å². The molecule has 1 unspecified atom stereocenters. The van der Waals surface area contributed by atoms with Crippen molar-refractivity contribution in [1.82, 2.24) is 0 Å². The van der Waals surface area contributed by atoms with Crippen LogP contribution in [0.3, 0.4) is 0 Å². The van der Waals surface area contributed by atoms with Gasteiger partial charge in [0.2, 0.25) is 0 Å². The number of hydrogen-bond donors (Lipinski definition) is 1. The van der Waals surface area contributed by atoms with Crippen molar-refractivity contribution in [1.29, 1.82) is 0 Å². The van der Waals surface area contributed by atoms with Crippen LogP contribution < -0.4 is 0 Å². The monoisotopic (exact) mass is 246 g/mol. The van der Waals surface area contributed by atoms with Crippen molar-refractivity contribution >= 4 is 15.9 Å². The first-order chi connectivity index (χ1) is 6.07. The molecule has 72 valence electrons. The Morgan fingerprint density at radius 2 is 2.15 bits per heavy atom.